The normalized spacial score (nSPS) is 19.7. The van der Waals surface area contributed by atoms with Crippen molar-refractivity contribution < 1.29 is 18.7 Å². The minimum Gasteiger partial charge on any atom is -0.489 e. The van der Waals surface area contributed by atoms with Crippen molar-refractivity contribution in [2.75, 3.05) is 32.8 Å². The third-order valence-corrected chi connectivity index (χ3v) is 8.59. The SMILES string of the molecule is CCCN1CCC(C)C(NC(=O)c2cccc(-c3cc4nccc(-c5ccc(OC6CCOCC6)c(C#N)c5)c4o3)c2)C1. The molecular weight excluding hydrogens is 540 g/mol. The zero-order chi connectivity index (χ0) is 29.8. The van der Waals surface area contributed by atoms with Crippen LogP contribution >= 0.6 is 0 Å². The van der Waals surface area contributed by atoms with Gasteiger partial charge in [0, 0.05) is 54.4 Å². The average Bonchev–Trinajstić information content (AvgIpc) is 3.48. The maximum absolute atomic E-state index is 13.3. The molecule has 43 heavy (non-hydrogen) atoms. The molecule has 2 aliphatic heterocycles. The first kappa shape index (κ1) is 28.9. The number of rotatable bonds is 8. The first-order valence-electron chi connectivity index (χ1n) is 15.3. The van der Waals surface area contributed by atoms with Crippen molar-refractivity contribution in [2.24, 2.45) is 5.92 Å². The van der Waals surface area contributed by atoms with Gasteiger partial charge in [0.2, 0.25) is 0 Å². The lowest BCUT2D eigenvalue weighted by Crippen LogP contribution is -2.51. The maximum atomic E-state index is 13.3. The van der Waals surface area contributed by atoms with E-state index in [2.05, 4.69) is 35.1 Å². The molecule has 0 bridgehead atoms. The molecule has 2 atom stereocenters. The van der Waals surface area contributed by atoms with Crippen LogP contribution < -0.4 is 10.1 Å². The van der Waals surface area contributed by atoms with Gasteiger partial charge < -0.3 is 24.1 Å². The lowest BCUT2D eigenvalue weighted by Gasteiger charge is -2.37. The molecule has 222 valence electrons. The third kappa shape index (κ3) is 6.43. The minimum atomic E-state index is -0.0703. The van der Waals surface area contributed by atoms with Gasteiger partial charge >= 0.3 is 0 Å². The second kappa shape index (κ2) is 13.0. The fourth-order valence-corrected chi connectivity index (χ4v) is 6.08. The van der Waals surface area contributed by atoms with Crippen LogP contribution in [0.5, 0.6) is 5.75 Å². The van der Waals surface area contributed by atoms with Gasteiger partial charge in [-0.15, -0.1) is 0 Å². The topological polar surface area (TPSA) is 101 Å². The minimum absolute atomic E-state index is 0.0478. The molecule has 1 amide bonds. The Hall–Kier alpha value is -4.19. The highest BCUT2D eigenvalue weighted by Gasteiger charge is 2.27. The van der Waals surface area contributed by atoms with E-state index in [1.165, 1.54) is 0 Å². The van der Waals surface area contributed by atoms with Crippen molar-refractivity contribution in [3.63, 3.8) is 0 Å². The van der Waals surface area contributed by atoms with Gasteiger partial charge in [0.15, 0.2) is 5.58 Å². The quantitative estimate of drug-likeness (QED) is 0.257. The summed E-state index contributed by atoms with van der Waals surface area (Å²) >= 11 is 0. The summed E-state index contributed by atoms with van der Waals surface area (Å²) in [5, 5.41) is 13.2. The third-order valence-electron chi connectivity index (χ3n) is 8.59. The van der Waals surface area contributed by atoms with Crippen LogP contribution in [0, 0.1) is 17.2 Å². The van der Waals surface area contributed by atoms with Crippen molar-refractivity contribution in [3.05, 3.63) is 71.9 Å². The summed E-state index contributed by atoms with van der Waals surface area (Å²) in [6.45, 7) is 8.78. The van der Waals surface area contributed by atoms with Gasteiger partial charge in [-0.1, -0.05) is 32.0 Å². The van der Waals surface area contributed by atoms with Gasteiger partial charge in [-0.2, -0.15) is 5.26 Å². The Morgan fingerprint density at radius 3 is 2.79 bits per heavy atom. The number of ether oxygens (including phenoxy) is 2. The number of pyridine rings is 1. The number of hydrogen-bond donors (Lipinski definition) is 1. The van der Waals surface area contributed by atoms with Crippen LogP contribution in [0.1, 0.15) is 55.5 Å². The Labute approximate surface area is 252 Å². The number of nitriles is 1. The summed E-state index contributed by atoms with van der Waals surface area (Å²) in [6.07, 6.45) is 5.61. The zero-order valence-corrected chi connectivity index (χ0v) is 24.8. The first-order valence-corrected chi connectivity index (χ1v) is 15.3. The van der Waals surface area contributed by atoms with Crippen LogP contribution in [0.3, 0.4) is 0 Å². The number of nitrogens with zero attached hydrogens (tertiary/aromatic N) is 3. The summed E-state index contributed by atoms with van der Waals surface area (Å²) in [5.74, 6) is 1.58. The Bertz CT molecular complexity index is 1630. The van der Waals surface area contributed by atoms with Crippen molar-refractivity contribution >= 4 is 17.0 Å². The predicted octanol–water partition coefficient (Wildman–Crippen LogP) is 6.44. The lowest BCUT2D eigenvalue weighted by atomic mass is 9.93. The van der Waals surface area contributed by atoms with Crippen LogP contribution in [0.4, 0.5) is 0 Å². The average molecular weight is 579 g/mol. The Morgan fingerprint density at radius 1 is 1.12 bits per heavy atom. The summed E-state index contributed by atoms with van der Waals surface area (Å²) in [7, 11) is 0. The highest BCUT2D eigenvalue weighted by atomic mass is 16.5. The van der Waals surface area contributed by atoms with Crippen LogP contribution in [0.15, 0.2) is 65.2 Å². The molecule has 0 aliphatic carbocycles. The number of amides is 1. The van der Waals surface area contributed by atoms with E-state index in [-0.39, 0.29) is 18.1 Å². The van der Waals surface area contributed by atoms with E-state index in [1.54, 1.807) is 6.20 Å². The van der Waals surface area contributed by atoms with Gasteiger partial charge in [-0.05, 0) is 67.7 Å². The fraction of sp³-hybridized carbons (Fsp3) is 0.400. The molecule has 2 aromatic heterocycles. The van der Waals surface area contributed by atoms with E-state index < -0.39 is 0 Å². The van der Waals surface area contributed by atoms with Crippen molar-refractivity contribution in [3.8, 4) is 34.3 Å². The van der Waals surface area contributed by atoms with Crippen molar-refractivity contribution in [2.45, 2.75) is 51.7 Å². The highest BCUT2D eigenvalue weighted by Crippen LogP contribution is 2.36. The fourth-order valence-electron chi connectivity index (χ4n) is 6.08. The number of carbonyl (C=O) groups is 1. The summed E-state index contributed by atoms with van der Waals surface area (Å²) in [4.78, 5) is 20.3. The van der Waals surface area contributed by atoms with Crippen LogP contribution in [0.2, 0.25) is 0 Å². The van der Waals surface area contributed by atoms with E-state index >= 15 is 0 Å². The van der Waals surface area contributed by atoms with Gasteiger partial charge in [0.25, 0.3) is 5.91 Å². The zero-order valence-electron chi connectivity index (χ0n) is 24.8. The molecule has 1 N–H and O–H groups in total. The van der Waals surface area contributed by atoms with Gasteiger partial charge in [0.05, 0.1) is 18.8 Å². The molecule has 0 radical (unpaired) electrons. The number of benzene rings is 2. The monoisotopic (exact) mass is 578 g/mol. The van der Waals surface area contributed by atoms with Crippen LogP contribution in [-0.4, -0.2) is 60.8 Å². The van der Waals surface area contributed by atoms with Gasteiger partial charge in [0.1, 0.15) is 29.2 Å². The Morgan fingerprint density at radius 2 is 1.98 bits per heavy atom. The smallest absolute Gasteiger partial charge is 0.251 e. The second-order valence-corrected chi connectivity index (χ2v) is 11.7. The Kier molecular flexibility index (Phi) is 8.73. The molecule has 2 fully saturated rings. The molecule has 4 aromatic rings. The summed E-state index contributed by atoms with van der Waals surface area (Å²) < 4.78 is 18.0. The van der Waals surface area contributed by atoms with E-state index in [0.717, 1.165) is 62.0 Å². The number of hydrogen-bond acceptors (Lipinski definition) is 7. The van der Waals surface area contributed by atoms with Gasteiger partial charge in [-0.25, -0.2) is 0 Å². The van der Waals surface area contributed by atoms with Crippen LogP contribution in [0.25, 0.3) is 33.6 Å². The molecule has 2 saturated heterocycles. The standard InChI is InChI=1S/C35H38N4O4/c1-3-14-39-15-10-23(2)31(22-39)38-35(40)26-6-4-5-25(19-26)33-20-30-34(43-33)29(9-13-37-30)24-7-8-32(27(18-24)21-36)42-28-11-16-41-17-12-28/h4-9,13,18-20,23,28,31H,3,10-12,14-17,22H2,1-2H3,(H,38,40). The van der Waals surface area contributed by atoms with Crippen LogP contribution in [-0.2, 0) is 4.74 Å². The molecule has 2 aromatic carbocycles. The first-order chi connectivity index (χ1) is 21.0. The highest BCUT2D eigenvalue weighted by molar-refractivity contribution is 5.96. The largest absolute Gasteiger partial charge is 0.489 e. The molecular formula is C35H38N4O4. The van der Waals surface area contributed by atoms with E-state index in [9.17, 15) is 10.1 Å². The number of carbonyl (C=O) groups excluding carboxylic acids is 1. The van der Waals surface area contributed by atoms with E-state index in [1.807, 2.05) is 54.6 Å². The number of furan rings is 1. The molecule has 4 heterocycles. The summed E-state index contributed by atoms with van der Waals surface area (Å²) in [5.41, 5.74) is 4.89. The molecule has 8 nitrogen and oxygen atoms in total. The second-order valence-electron chi connectivity index (χ2n) is 11.7. The number of aromatic nitrogens is 1. The molecule has 6 rings (SSSR count). The number of nitrogens with one attached hydrogen (secondary N) is 1. The maximum Gasteiger partial charge on any atom is 0.251 e. The predicted molar refractivity (Wildman–Crippen MR) is 166 cm³/mol. The number of likely N-dealkylation sites (tertiary alicyclic amines) is 1. The van der Waals surface area contributed by atoms with E-state index in [4.69, 9.17) is 13.9 Å². The molecule has 0 spiro atoms. The summed E-state index contributed by atoms with van der Waals surface area (Å²) in [6, 6.07) is 19.4. The van der Waals surface area contributed by atoms with E-state index in [0.29, 0.717) is 52.9 Å². The van der Waals surface area contributed by atoms with Crippen molar-refractivity contribution in [1.29, 1.82) is 5.26 Å². The number of fused-ring (bicyclic) bond motifs is 1. The number of piperidine rings is 1. The van der Waals surface area contributed by atoms with Crippen molar-refractivity contribution in [1.82, 2.24) is 15.2 Å². The van der Waals surface area contributed by atoms with Gasteiger partial charge in [-0.3, -0.25) is 9.78 Å². The molecule has 2 unspecified atom stereocenters. The molecule has 8 heteroatoms. The molecule has 0 saturated carbocycles. The Balaban J connectivity index is 1.23. The lowest BCUT2D eigenvalue weighted by molar-refractivity contribution is 0.0254. The molecule has 2 aliphatic rings.